The van der Waals surface area contributed by atoms with E-state index in [1.54, 1.807) is 0 Å². The summed E-state index contributed by atoms with van der Waals surface area (Å²) in [6.45, 7) is 2.05. The van der Waals surface area contributed by atoms with Crippen molar-refractivity contribution in [2.24, 2.45) is 5.73 Å². The van der Waals surface area contributed by atoms with Crippen LogP contribution < -0.4 is 5.73 Å². The lowest BCUT2D eigenvalue weighted by Gasteiger charge is -2.13. The van der Waals surface area contributed by atoms with E-state index in [4.69, 9.17) is 5.73 Å². The molecule has 0 aliphatic heterocycles. The minimum atomic E-state index is 0.0427. The van der Waals surface area contributed by atoms with Crippen LogP contribution in [0.2, 0.25) is 0 Å². The molecule has 2 nitrogen and oxygen atoms in total. The van der Waals surface area contributed by atoms with E-state index in [1.165, 1.54) is 41.5 Å². The first-order chi connectivity index (χ1) is 9.22. The molecule has 1 aliphatic rings. The summed E-state index contributed by atoms with van der Waals surface area (Å²) in [5.74, 6) is 0. The fourth-order valence-corrected chi connectivity index (χ4v) is 2.78. The lowest BCUT2D eigenvalue weighted by Crippen LogP contribution is -2.14. The van der Waals surface area contributed by atoms with Crippen molar-refractivity contribution in [3.8, 4) is 0 Å². The van der Waals surface area contributed by atoms with Gasteiger partial charge in [0, 0.05) is 24.4 Å². The predicted octanol–water partition coefficient (Wildman–Crippen LogP) is 3.12. The molecule has 0 spiro atoms. The quantitative estimate of drug-likeness (QED) is 0.911. The minimum absolute atomic E-state index is 0.0427. The summed E-state index contributed by atoms with van der Waals surface area (Å²) >= 11 is 0. The van der Waals surface area contributed by atoms with Gasteiger partial charge in [-0.15, -0.1) is 0 Å². The Labute approximate surface area is 114 Å². The van der Waals surface area contributed by atoms with Crippen molar-refractivity contribution in [2.75, 3.05) is 0 Å². The van der Waals surface area contributed by atoms with Crippen molar-refractivity contribution >= 4 is 0 Å². The highest BCUT2D eigenvalue weighted by molar-refractivity contribution is 5.36. The van der Waals surface area contributed by atoms with Crippen molar-refractivity contribution in [1.82, 2.24) is 4.98 Å². The molecule has 3 rings (SSSR count). The van der Waals surface area contributed by atoms with Crippen LogP contribution in [0.1, 0.15) is 40.4 Å². The molecule has 1 aromatic heterocycles. The van der Waals surface area contributed by atoms with Crippen LogP contribution >= 0.6 is 0 Å². The zero-order valence-corrected chi connectivity index (χ0v) is 11.4. The van der Waals surface area contributed by atoms with Crippen LogP contribution in [0, 0.1) is 6.92 Å². The molecule has 2 N–H and O–H groups in total. The van der Waals surface area contributed by atoms with Crippen LogP contribution in [0.3, 0.4) is 0 Å². The smallest absolute Gasteiger partial charge is 0.0422 e. The van der Waals surface area contributed by atoms with Gasteiger partial charge in [0.1, 0.15) is 0 Å². The number of pyridine rings is 1. The summed E-state index contributed by atoms with van der Waals surface area (Å²) in [5.41, 5.74) is 12.8. The van der Waals surface area contributed by atoms with E-state index < -0.39 is 0 Å². The maximum Gasteiger partial charge on any atom is 0.0422 e. The number of rotatable bonds is 3. The number of hydrogen-bond acceptors (Lipinski definition) is 2. The highest BCUT2D eigenvalue weighted by atomic mass is 14.7. The van der Waals surface area contributed by atoms with Gasteiger partial charge >= 0.3 is 0 Å². The molecule has 0 saturated heterocycles. The molecular weight excluding hydrogens is 232 g/mol. The van der Waals surface area contributed by atoms with Crippen LogP contribution in [0.5, 0.6) is 0 Å². The van der Waals surface area contributed by atoms with Gasteiger partial charge < -0.3 is 5.73 Å². The second-order valence-corrected chi connectivity index (χ2v) is 5.52. The summed E-state index contributed by atoms with van der Waals surface area (Å²) < 4.78 is 0. The topological polar surface area (TPSA) is 38.9 Å². The van der Waals surface area contributed by atoms with E-state index in [0.717, 1.165) is 12.1 Å². The van der Waals surface area contributed by atoms with E-state index in [9.17, 15) is 0 Å². The molecule has 2 aromatic rings. The lowest BCUT2D eigenvalue weighted by molar-refractivity contribution is 0.705. The van der Waals surface area contributed by atoms with Crippen molar-refractivity contribution in [3.63, 3.8) is 0 Å². The van der Waals surface area contributed by atoms with Crippen molar-refractivity contribution in [2.45, 2.75) is 38.6 Å². The van der Waals surface area contributed by atoms with Gasteiger partial charge in [0.05, 0.1) is 0 Å². The number of benzene rings is 1. The van der Waals surface area contributed by atoms with Gasteiger partial charge in [0.25, 0.3) is 0 Å². The zero-order chi connectivity index (χ0) is 13.2. The molecule has 1 aliphatic carbocycles. The first kappa shape index (κ1) is 12.4. The number of fused-ring (bicyclic) bond motifs is 1. The van der Waals surface area contributed by atoms with Gasteiger partial charge in [-0.3, -0.25) is 4.98 Å². The SMILES string of the molecule is Cc1ccc(CC(N)c2ccc3c(c2)CCC3)nc1. The Morgan fingerprint density at radius 1 is 1.16 bits per heavy atom. The molecule has 19 heavy (non-hydrogen) atoms. The molecule has 1 aromatic carbocycles. The van der Waals surface area contributed by atoms with Crippen LogP contribution in [-0.4, -0.2) is 4.98 Å². The molecule has 0 amide bonds. The number of nitrogens with zero attached hydrogens (tertiary/aromatic N) is 1. The second kappa shape index (κ2) is 5.14. The number of aromatic nitrogens is 1. The fourth-order valence-electron chi connectivity index (χ4n) is 2.78. The summed E-state index contributed by atoms with van der Waals surface area (Å²) in [6, 6.07) is 10.9. The number of hydrogen-bond donors (Lipinski definition) is 1. The van der Waals surface area contributed by atoms with Gasteiger partial charge in [-0.1, -0.05) is 24.3 Å². The zero-order valence-electron chi connectivity index (χ0n) is 11.4. The normalized spacial score (nSPS) is 15.3. The molecule has 1 atom stereocenters. The molecule has 0 bridgehead atoms. The van der Waals surface area contributed by atoms with Crippen LogP contribution in [-0.2, 0) is 19.3 Å². The van der Waals surface area contributed by atoms with Crippen molar-refractivity contribution in [3.05, 3.63) is 64.5 Å². The maximum absolute atomic E-state index is 6.32. The van der Waals surface area contributed by atoms with E-state index in [-0.39, 0.29) is 6.04 Å². The van der Waals surface area contributed by atoms with Gasteiger partial charge in [0.15, 0.2) is 0 Å². The van der Waals surface area contributed by atoms with Gasteiger partial charge in [-0.05, 0) is 54.5 Å². The summed E-state index contributed by atoms with van der Waals surface area (Å²) in [7, 11) is 0. The van der Waals surface area contributed by atoms with Gasteiger partial charge in [0.2, 0.25) is 0 Å². The lowest BCUT2D eigenvalue weighted by atomic mass is 9.98. The Kier molecular flexibility index (Phi) is 3.34. The average Bonchev–Trinajstić information content (AvgIpc) is 2.88. The molecule has 0 fully saturated rings. The van der Waals surface area contributed by atoms with Crippen molar-refractivity contribution in [1.29, 1.82) is 0 Å². The third-order valence-electron chi connectivity index (χ3n) is 3.95. The second-order valence-electron chi connectivity index (χ2n) is 5.52. The summed E-state index contributed by atoms with van der Waals surface area (Å²) in [6.07, 6.45) is 6.43. The minimum Gasteiger partial charge on any atom is -0.324 e. The van der Waals surface area contributed by atoms with Crippen LogP contribution in [0.25, 0.3) is 0 Å². The summed E-state index contributed by atoms with van der Waals surface area (Å²) in [5, 5.41) is 0. The molecule has 1 heterocycles. The van der Waals surface area contributed by atoms with E-state index in [1.807, 2.05) is 6.20 Å². The first-order valence-corrected chi connectivity index (χ1v) is 7.01. The number of nitrogens with two attached hydrogens (primary N) is 1. The third-order valence-corrected chi connectivity index (χ3v) is 3.95. The average molecular weight is 252 g/mol. The first-order valence-electron chi connectivity index (χ1n) is 7.01. The highest BCUT2D eigenvalue weighted by Crippen LogP contribution is 2.25. The van der Waals surface area contributed by atoms with E-state index in [0.29, 0.717) is 0 Å². The Balaban J connectivity index is 1.76. The molecule has 2 heteroatoms. The highest BCUT2D eigenvalue weighted by Gasteiger charge is 2.14. The monoisotopic (exact) mass is 252 g/mol. The Hall–Kier alpha value is -1.67. The molecule has 98 valence electrons. The van der Waals surface area contributed by atoms with E-state index >= 15 is 0 Å². The standard InChI is InChI=1S/C17H20N2/c1-12-5-8-16(19-11-12)10-17(18)15-7-6-13-3-2-4-14(13)9-15/h5-9,11,17H,2-4,10,18H2,1H3. The number of aryl methyl sites for hydroxylation is 3. The third kappa shape index (κ3) is 2.69. The molecule has 0 saturated carbocycles. The molecular formula is C17H20N2. The van der Waals surface area contributed by atoms with Crippen LogP contribution in [0.15, 0.2) is 36.5 Å². The Morgan fingerprint density at radius 3 is 2.79 bits per heavy atom. The van der Waals surface area contributed by atoms with Gasteiger partial charge in [-0.25, -0.2) is 0 Å². The molecule has 1 unspecified atom stereocenters. The summed E-state index contributed by atoms with van der Waals surface area (Å²) in [4.78, 5) is 4.44. The van der Waals surface area contributed by atoms with Crippen LogP contribution in [0.4, 0.5) is 0 Å². The Morgan fingerprint density at radius 2 is 2.00 bits per heavy atom. The molecule has 0 radical (unpaired) electrons. The Bertz CT molecular complexity index is 572. The predicted molar refractivity (Wildman–Crippen MR) is 78.1 cm³/mol. The van der Waals surface area contributed by atoms with Crippen molar-refractivity contribution < 1.29 is 0 Å². The maximum atomic E-state index is 6.32. The largest absolute Gasteiger partial charge is 0.324 e. The van der Waals surface area contributed by atoms with E-state index in [2.05, 4.69) is 42.2 Å². The van der Waals surface area contributed by atoms with Gasteiger partial charge in [-0.2, -0.15) is 0 Å². The fraction of sp³-hybridized carbons (Fsp3) is 0.353.